The van der Waals surface area contributed by atoms with Crippen molar-refractivity contribution in [2.75, 3.05) is 0 Å². The standard InChI is InChI=1S/C12H16BrFN2O2/c1-12(2,3)18-11(17)16-15-7-8-4-5-9(14)6-10(8)13/h4-6,15H,7H2,1-3H3,(H,16,17). The zero-order chi connectivity index (χ0) is 13.8. The highest BCUT2D eigenvalue weighted by Gasteiger charge is 2.15. The summed E-state index contributed by atoms with van der Waals surface area (Å²) in [5.41, 5.74) is 5.40. The first-order valence-corrected chi connectivity index (χ1v) is 6.23. The quantitative estimate of drug-likeness (QED) is 0.842. The maximum atomic E-state index is 12.8. The van der Waals surface area contributed by atoms with Crippen LogP contribution in [0.15, 0.2) is 22.7 Å². The Bertz CT molecular complexity index is 433. The third-order valence-electron chi connectivity index (χ3n) is 1.88. The van der Waals surface area contributed by atoms with Crippen molar-refractivity contribution in [1.29, 1.82) is 0 Å². The van der Waals surface area contributed by atoms with Gasteiger partial charge in [0.2, 0.25) is 0 Å². The predicted octanol–water partition coefficient (Wildman–Crippen LogP) is 3.12. The van der Waals surface area contributed by atoms with Gasteiger partial charge in [0.05, 0.1) is 0 Å². The second-order valence-electron chi connectivity index (χ2n) is 4.72. The Morgan fingerprint density at radius 3 is 2.67 bits per heavy atom. The molecular formula is C12H16BrFN2O2. The number of carbonyl (C=O) groups excluding carboxylic acids is 1. The average molecular weight is 319 g/mol. The number of hydrazine groups is 1. The second-order valence-corrected chi connectivity index (χ2v) is 5.57. The summed E-state index contributed by atoms with van der Waals surface area (Å²) in [7, 11) is 0. The van der Waals surface area contributed by atoms with Gasteiger partial charge in [-0.3, -0.25) is 5.43 Å². The molecule has 0 aliphatic rings. The van der Waals surface area contributed by atoms with Gasteiger partial charge in [0.1, 0.15) is 11.4 Å². The van der Waals surface area contributed by atoms with Crippen molar-refractivity contribution in [2.45, 2.75) is 32.9 Å². The fraction of sp³-hybridized carbons (Fsp3) is 0.417. The molecule has 0 aliphatic carbocycles. The molecule has 0 radical (unpaired) electrons. The fourth-order valence-corrected chi connectivity index (χ4v) is 1.67. The Labute approximate surface area is 114 Å². The summed E-state index contributed by atoms with van der Waals surface area (Å²) in [6.45, 7) is 5.70. The number of rotatable bonds is 3. The second kappa shape index (κ2) is 6.15. The van der Waals surface area contributed by atoms with Crippen molar-refractivity contribution in [2.24, 2.45) is 0 Å². The van der Waals surface area contributed by atoms with Gasteiger partial charge in [0.15, 0.2) is 0 Å². The van der Waals surface area contributed by atoms with Crippen molar-refractivity contribution in [1.82, 2.24) is 10.9 Å². The molecule has 0 aromatic heterocycles. The number of benzene rings is 1. The summed E-state index contributed by atoms with van der Waals surface area (Å²) in [5.74, 6) is -0.314. The molecule has 0 unspecified atom stereocenters. The average Bonchev–Trinajstić information content (AvgIpc) is 2.18. The van der Waals surface area contributed by atoms with Gasteiger partial charge in [-0.2, -0.15) is 0 Å². The lowest BCUT2D eigenvalue weighted by molar-refractivity contribution is 0.0497. The molecule has 4 nitrogen and oxygen atoms in total. The molecule has 2 N–H and O–H groups in total. The Balaban J connectivity index is 2.40. The Morgan fingerprint density at radius 2 is 2.11 bits per heavy atom. The van der Waals surface area contributed by atoms with E-state index >= 15 is 0 Å². The molecule has 1 aromatic rings. The van der Waals surface area contributed by atoms with Crippen LogP contribution in [0.2, 0.25) is 0 Å². The first-order chi connectivity index (χ1) is 8.28. The lowest BCUT2D eigenvalue weighted by Gasteiger charge is -2.19. The number of hydrogen-bond donors (Lipinski definition) is 2. The molecule has 1 amide bonds. The fourth-order valence-electron chi connectivity index (χ4n) is 1.18. The van der Waals surface area contributed by atoms with E-state index in [1.165, 1.54) is 12.1 Å². The van der Waals surface area contributed by atoms with E-state index in [1.807, 2.05) is 0 Å². The van der Waals surface area contributed by atoms with Gasteiger partial charge in [-0.15, -0.1) is 0 Å². The van der Waals surface area contributed by atoms with Crippen molar-refractivity contribution in [3.8, 4) is 0 Å². The van der Waals surface area contributed by atoms with E-state index in [4.69, 9.17) is 4.74 Å². The van der Waals surface area contributed by atoms with Crippen LogP contribution in [0.3, 0.4) is 0 Å². The largest absolute Gasteiger partial charge is 0.443 e. The van der Waals surface area contributed by atoms with Crippen LogP contribution in [0, 0.1) is 5.82 Å². The molecule has 18 heavy (non-hydrogen) atoms. The van der Waals surface area contributed by atoms with Crippen LogP contribution in [0.1, 0.15) is 26.3 Å². The van der Waals surface area contributed by atoms with Gasteiger partial charge >= 0.3 is 6.09 Å². The molecular weight excluding hydrogens is 303 g/mol. The van der Waals surface area contributed by atoms with Crippen molar-refractivity contribution >= 4 is 22.0 Å². The number of amides is 1. The van der Waals surface area contributed by atoms with Crippen LogP contribution in [0.25, 0.3) is 0 Å². The van der Waals surface area contributed by atoms with Gasteiger partial charge < -0.3 is 4.74 Å². The molecule has 1 aromatic carbocycles. The molecule has 1 rings (SSSR count). The normalized spacial score (nSPS) is 11.2. The SMILES string of the molecule is CC(C)(C)OC(=O)NNCc1ccc(F)cc1Br. The monoisotopic (exact) mass is 318 g/mol. The number of hydrogen-bond acceptors (Lipinski definition) is 3. The van der Waals surface area contributed by atoms with E-state index < -0.39 is 11.7 Å². The summed E-state index contributed by atoms with van der Waals surface area (Å²) in [6, 6.07) is 4.35. The molecule has 0 spiro atoms. The first kappa shape index (κ1) is 14.9. The molecule has 0 bridgehead atoms. The maximum absolute atomic E-state index is 12.8. The molecule has 0 heterocycles. The molecule has 0 atom stereocenters. The maximum Gasteiger partial charge on any atom is 0.422 e. The minimum absolute atomic E-state index is 0.314. The molecule has 0 aliphatic heterocycles. The summed E-state index contributed by atoms with van der Waals surface area (Å²) in [6.07, 6.45) is -0.555. The predicted molar refractivity (Wildman–Crippen MR) is 70.3 cm³/mol. The van der Waals surface area contributed by atoms with E-state index in [2.05, 4.69) is 26.8 Å². The van der Waals surface area contributed by atoms with E-state index in [0.29, 0.717) is 11.0 Å². The van der Waals surface area contributed by atoms with E-state index in [1.54, 1.807) is 26.8 Å². The molecule has 0 saturated heterocycles. The van der Waals surface area contributed by atoms with Gasteiger partial charge in [-0.1, -0.05) is 22.0 Å². The highest BCUT2D eigenvalue weighted by Crippen LogP contribution is 2.17. The lowest BCUT2D eigenvalue weighted by atomic mass is 10.2. The summed E-state index contributed by atoms with van der Waals surface area (Å²) < 4.78 is 18.5. The van der Waals surface area contributed by atoms with Crippen LogP contribution in [-0.2, 0) is 11.3 Å². The molecule has 100 valence electrons. The van der Waals surface area contributed by atoms with E-state index in [-0.39, 0.29) is 5.82 Å². The van der Waals surface area contributed by atoms with Crippen LogP contribution in [0.5, 0.6) is 0 Å². The zero-order valence-corrected chi connectivity index (χ0v) is 12.1. The number of nitrogens with one attached hydrogen (secondary N) is 2. The van der Waals surface area contributed by atoms with Crippen LogP contribution < -0.4 is 10.9 Å². The third-order valence-corrected chi connectivity index (χ3v) is 2.62. The van der Waals surface area contributed by atoms with Crippen molar-refractivity contribution in [3.05, 3.63) is 34.1 Å². The van der Waals surface area contributed by atoms with Crippen molar-refractivity contribution in [3.63, 3.8) is 0 Å². The van der Waals surface area contributed by atoms with Gasteiger partial charge in [0.25, 0.3) is 0 Å². The van der Waals surface area contributed by atoms with Crippen LogP contribution in [0.4, 0.5) is 9.18 Å². The number of carbonyl (C=O) groups is 1. The Hall–Kier alpha value is -1.14. The minimum atomic E-state index is -0.555. The van der Waals surface area contributed by atoms with Gasteiger partial charge in [-0.05, 0) is 38.5 Å². The topological polar surface area (TPSA) is 50.4 Å². The van der Waals surface area contributed by atoms with Crippen LogP contribution in [-0.4, -0.2) is 11.7 Å². The summed E-state index contributed by atoms with van der Waals surface area (Å²) in [4.78, 5) is 11.3. The zero-order valence-electron chi connectivity index (χ0n) is 10.5. The van der Waals surface area contributed by atoms with Gasteiger partial charge in [-0.25, -0.2) is 14.6 Å². The third kappa shape index (κ3) is 5.46. The first-order valence-electron chi connectivity index (χ1n) is 5.44. The lowest BCUT2D eigenvalue weighted by Crippen LogP contribution is -2.40. The molecule has 0 saturated carbocycles. The Kier molecular flexibility index (Phi) is 5.10. The van der Waals surface area contributed by atoms with E-state index in [0.717, 1.165) is 5.56 Å². The summed E-state index contributed by atoms with van der Waals surface area (Å²) >= 11 is 3.24. The van der Waals surface area contributed by atoms with E-state index in [9.17, 15) is 9.18 Å². The molecule has 0 fully saturated rings. The Morgan fingerprint density at radius 1 is 1.44 bits per heavy atom. The molecule has 6 heteroatoms. The van der Waals surface area contributed by atoms with Crippen LogP contribution >= 0.6 is 15.9 Å². The van der Waals surface area contributed by atoms with Crippen molar-refractivity contribution < 1.29 is 13.9 Å². The minimum Gasteiger partial charge on any atom is -0.443 e. The smallest absolute Gasteiger partial charge is 0.422 e. The summed E-state index contributed by atoms with van der Waals surface area (Å²) in [5, 5.41) is 0. The highest BCUT2D eigenvalue weighted by molar-refractivity contribution is 9.10. The number of halogens is 2. The number of ether oxygens (including phenoxy) is 1. The highest BCUT2D eigenvalue weighted by atomic mass is 79.9. The van der Waals surface area contributed by atoms with Gasteiger partial charge in [0, 0.05) is 11.0 Å².